The van der Waals surface area contributed by atoms with Gasteiger partial charge in [-0.15, -0.1) is 0 Å². The van der Waals surface area contributed by atoms with Gasteiger partial charge in [-0.25, -0.2) is 14.8 Å². The molecule has 2 heterocycles. The van der Waals surface area contributed by atoms with Crippen LogP contribution in [0.4, 0.5) is 0 Å². The van der Waals surface area contributed by atoms with Crippen molar-refractivity contribution in [1.82, 2.24) is 15.0 Å². The van der Waals surface area contributed by atoms with E-state index in [2.05, 4.69) is 15.0 Å². The molecular formula is C13H9N3O2Y. The van der Waals surface area contributed by atoms with Crippen LogP contribution in [0.3, 0.4) is 0 Å². The number of aromatic nitrogens is 3. The summed E-state index contributed by atoms with van der Waals surface area (Å²) in [7, 11) is 0. The number of carboxylic acids is 1. The van der Waals surface area contributed by atoms with Crippen LogP contribution in [-0.4, -0.2) is 26.0 Å². The zero-order valence-electron chi connectivity index (χ0n) is 9.87. The Morgan fingerprint density at radius 1 is 1.05 bits per heavy atom. The Morgan fingerprint density at radius 3 is 2.47 bits per heavy atom. The molecule has 0 fully saturated rings. The summed E-state index contributed by atoms with van der Waals surface area (Å²) >= 11 is 0. The Bertz CT molecular complexity index is 725. The number of fused-ring (bicyclic) bond motifs is 1. The van der Waals surface area contributed by atoms with Gasteiger partial charge in [0.05, 0.1) is 5.52 Å². The molecule has 6 heteroatoms. The van der Waals surface area contributed by atoms with Crippen LogP contribution in [0.15, 0.2) is 42.5 Å². The molecule has 1 radical (unpaired) electrons. The number of nitrogens with one attached hydrogen (secondary N) is 1. The van der Waals surface area contributed by atoms with Gasteiger partial charge in [0.25, 0.3) is 0 Å². The van der Waals surface area contributed by atoms with Gasteiger partial charge in [-0.05, 0) is 12.1 Å². The van der Waals surface area contributed by atoms with Crippen molar-refractivity contribution < 1.29 is 42.6 Å². The molecule has 3 rings (SSSR count). The van der Waals surface area contributed by atoms with Crippen LogP contribution in [0.25, 0.3) is 22.6 Å². The maximum Gasteiger partial charge on any atom is 0.354 e. The second-order valence-electron chi connectivity index (χ2n) is 3.82. The molecule has 0 saturated heterocycles. The number of nitrogens with zero attached hydrogens (tertiary/aromatic N) is 2. The average molecular weight is 328 g/mol. The molecule has 5 nitrogen and oxygen atoms in total. The molecule has 0 unspecified atom stereocenters. The average Bonchev–Trinajstić information content (AvgIpc) is 2.82. The minimum atomic E-state index is -1.05. The van der Waals surface area contributed by atoms with E-state index < -0.39 is 5.97 Å². The summed E-state index contributed by atoms with van der Waals surface area (Å²) in [5.41, 5.74) is 2.06. The van der Waals surface area contributed by atoms with Crippen molar-refractivity contribution in [1.29, 1.82) is 0 Å². The van der Waals surface area contributed by atoms with Crippen LogP contribution in [0.5, 0.6) is 0 Å². The third kappa shape index (κ3) is 2.72. The van der Waals surface area contributed by atoms with E-state index in [1.165, 1.54) is 6.07 Å². The Balaban J connectivity index is 0.00000133. The number of aromatic carboxylic acids is 1. The van der Waals surface area contributed by atoms with Crippen molar-refractivity contribution in [3.63, 3.8) is 0 Å². The fourth-order valence-electron chi connectivity index (χ4n) is 1.74. The number of carboxylic acid groups (broad SMARTS) is 1. The van der Waals surface area contributed by atoms with Crippen molar-refractivity contribution in [2.24, 2.45) is 0 Å². The summed E-state index contributed by atoms with van der Waals surface area (Å²) in [4.78, 5) is 22.2. The Labute approximate surface area is 134 Å². The summed E-state index contributed by atoms with van der Waals surface area (Å²) in [6.07, 6.45) is 0. The van der Waals surface area contributed by atoms with Crippen LogP contribution >= 0.6 is 0 Å². The van der Waals surface area contributed by atoms with E-state index in [1.807, 2.05) is 30.3 Å². The molecule has 0 spiro atoms. The molecule has 2 N–H and O–H groups in total. The molecule has 0 aliphatic heterocycles. The second-order valence-corrected chi connectivity index (χ2v) is 3.82. The Hall–Kier alpha value is -1.59. The largest absolute Gasteiger partial charge is 0.477 e. The number of hydrogen-bond acceptors (Lipinski definition) is 3. The van der Waals surface area contributed by atoms with Crippen molar-refractivity contribution in [3.05, 3.63) is 48.2 Å². The molecule has 19 heavy (non-hydrogen) atoms. The molecule has 0 aliphatic carbocycles. The van der Waals surface area contributed by atoms with E-state index in [1.54, 1.807) is 6.07 Å². The van der Waals surface area contributed by atoms with Crippen LogP contribution in [0, 0.1) is 0 Å². The van der Waals surface area contributed by atoms with Crippen molar-refractivity contribution in [2.75, 3.05) is 0 Å². The Morgan fingerprint density at radius 2 is 1.79 bits per heavy atom. The predicted octanol–water partition coefficient (Wildman–Crippen LogP) is 2.32. The van der Waals surface area contributed by atoms with Crippen molar-refractivity contribution in [2.45, 2.75) is 0 Å². The molecule has 0 bridgehead atoms. The Kier molecular flexibility index (Phi) is 4.07. The van der Waals surface area contributed by atoms with Gasteiger partial charge in [-0.1, -0.05) is 30.3 Å². The van der Waals surface area contributed by atoms with Gasteiger partial charge < -0.3 is 10.1 Å². The van der Waals surface area contributed by atoms with Gasteiger partial charge in [0.1, 0.15) is 5.82 Å². The topological polar surface area (TPSA) is 78.9 Å². The molecule has 0 amide bonds. The maximum atomic E-state index is 10.8. The van der Waals surface area contributed by atoms with Crippen LogP contribution in [-0.2, 0) is 32.7 Å². The normalized spacial score (nSPS) is 10.1. The molecule has 0 atom stereocenters. The molecule has 1 aromatic carbocycles. The van der Waals surface area contributed by atoms with E-state index in [0.717, 1.165) is 11.1 Å². The quantitative estimate of drug-likeness (QED) is 0.757. The van der Waals surface area contributed by atoms with Crippen LogP contribution in [0.2, 0.25) is 0 Å². The third-order valence-corrected chi connectivity index (χ3v) is 2.61. The van der Waals surface area contributed by atoms with E-state index >= 15 is 0 Å². The number of carbonyl (C=O) groups is 1. The first-order valence-corrected chi connectivity index (χ1v) is 5.39. The van der Waals surface area contributed by atoms with Gasteiger partial charge >= 0.3 is 5.97 Å². The first kappa shape index (κ1) is 13.8. The fraction of sp³-hybridized carbons (Fsp3) is 0. The molecule has 3 aromatic rings. The molecular weight excluding hydrogens is 319 g/mol. The minimum Gasteiger partial charge on any atom is -0.477 e. The van der Waals surface area contributed by atoms with Gasteiger partial charge in [0.15, 0.2) is 11.3 Å². The number of pyridine rings is 1. The maximum absolute atomic E-state index is 10.8. The summed E-state index contributed by atoms with van der Waals surface area (Å²) in [6.45, 7) is 0. The second kappa shape index (κ2) is 5.59. The fourth-order valence-corrected chi connectivity index (χ4v) is 1.74. The van der Waals surface area contributed by atoms with Gasteiger partial charge in [0.2, 0.25) is 0 Å². The summed E-state index contributed by atoms with van der Waals surface area (Å²) in [5.74, 6) is -0.373. The number of benzene rings is 1. The summed E-state index contributed by atoms with van der Waals surface area (Å²) < 4.78 is 0. The number of H-pyrrole nitrogens is 1. The summed E-state index contributed by atoms with van der Waals surface area (Å²) in [6, 6.07) is 12.7. The van der Waals surface area contributed by atoms with E-state index in [4.69, 9.17) is 5.11 Å². The zero-order valence-corrected chi connectivity index (χ0v) is 12.7. The van der Waals surface area contributed by atoms with Gasteiger partial charge in [-0.2, -0.15) is 0 Å². The first-order valence-electron chi connectivity index (χ1n) is 5.39. The first-order chi connectivity index (χ1) is 8.74. The third-order valence-electron chi connectivity index (χ3n) is 2.61. The standard InChI is InChI=1S/C13H9N3O2.Y/c17-13(18)10-7-6-9-12(15-10)16-11(14-9)8-4-2-1-3-5-8;/h1-7H,(H,17,18)(H,14,15,16);. The number of rotatable bonds is 2. The van der Waals surface area contributed by atoms with E-state index in [9.17, 15) is 4.79 Å². The smallest absolute Gasteiger partial charge is 0.354 e. The number of aromatic amines is 1. The number of hydrogen-bond donors (Lipinski definition) is 2. The molecule has 91 valence electrons. The summed E-state index contributed by atoms with van der Waals surface area (Å²) in [5, 5.41) is 8.87. The van der Waals surface area contributed by atoms with Crippen LogP contribution in [0.1, 0.15) is 10.5 Å². The minimum absolute atomic E-state index is 0. The SMILES string of the molecule is O=C(O)c1ccc2[nH]c(-c3ccccc3)nc2n1.[Y]. The van der Waals surface area contributed by atoms with Crippen LogP contribution < -0.4 is 0 Å². The number of imidazole rings is 1. The van der Waals surface area contributed by atoms with Gasteiger partial charge in [-0.3, -0.25) is 0 Å². The monoisotopic (exact) mass is 328 g/mol. The van der Waals surface area contributed by atoms with Crippen molar-refractivity contribution in [3.8, 4) is 11.4 Å². The van der Waals surface area contributed by atoms with E-state index in [-0.39, 0.29) is 38.4 Å². The predicted molar refractivity (Wildman–Crippen MR) is 66.3 cm³/mol. The zero-order chi connectivity index (χ0) is 12.5. The molecule has 0 saturated carbocycles. The van der Waals surface area contributed by atoms with Crippen molar-refractivity contribution >= 4 is 17.1 Å². The molecule has 0 aliphatic rings. The molecule has 2 aromatic heterocycles. The van der Waals surface area contributed by atoms with E-state index in [0.29, 0.717) is 11.5 Å². The van der Waals surface area contributed by atoms with Gasteiger partial charge in [0, 0.05) is 38.3 Å².